The van der Waals surface area contributed by atoms with Crippen LogP contribution in [0.1, 0.15) is 22.3 Å². The maximum Gasteiger partial charge on any atom is 0.0561 e. The molecule has 10 aromatic carbocycles. The molecule has 0 fully saturated rings. The van der Waals surface area contributed by atoms with Crippen LogP contribution in [0, 0.1) is 27.7 Å². The highest BCUT2D eigenvalue weighted by atomic mass is 15.2. The van der Waals surface area contributed by atoms with Crippen LogP contribution in [0.4, 0.5) is 34.1 Å². The zero-order valence-electron chi connectivity index (χ0n) is 33.4. The van der Waals surface area contributed by atoms with Crippen molar-refractivity contribution in [3.8, 4) is 22.3 Å². The van der Waals surface area contributed by atoms with E-state index in [0.717, 1.165) is 22.7 Å². The Hall–Kier alpha value is -7.16. The number of anilines is 6. The van der Waals surface area contributed by atoms with Gasteiger partial charge in [0.15, 0.2) is 0 Å². The molecule has 0 radical (unpaired) electrons. The van der Waals surface area contributed by atoms with Crippen molar-refractivity contribution in [3.63, 3.8) is 0 Å². The van der Waals surface area contributed by atoms with E-state index in [-0.39, 0.29) is 0 Å². The van der Waals surface area contributed by atoms with Crippen LogP contribution in [0.2, 0.25) is 0 Å². The second-order valence-corrected chi connectivity index (χ2v) is 15.5. The average molecular weight is 745 g/mol. The first kappa shape index (κ1) is 35.3. The third-order valence-electron chi connectivity index (χ3n) is 12.0. The van der Waals surface area contributed by atoms with Gasteiger partial charge < -0.3 is 9.80 Å². The maximum atomic E-state index is 2.52. The highest BCUT2D eigenvalue weighted by Gasteiger charge is 2.28. The molecule has 0 aliphatic rings. The Morgan fingerprint density at radius 2 is 0.724 bits per heavy atom. The van der Waals surface area contributed by atoms with Gasteiger partial charge in [0.05, 0.1) is 22.7 Å². The molecule has 0 spiro atoms. The SMILES string of the molecule is Cc1ccc(-c2ccccc2)c(C)c1N(c1ccccc1)c1cc(N(c2ccccc2)c2c(C)ccc(-c3ccccc3)c2C)c2ccc3cccc4ccc1c2c43. The summed E-state index contributed by atoms with van der Waals surface area (Å²) in [4.78, 5) is 5.05. The van der Waals surface area contributed by atoms with Gasteiger partial charge in [0, 0.05) is 27.5 Å². The molecule has 0 aliphatic carbocycles. The molecule has 0 heterocycles. The van der Waals surface area contributed by atoms with Gasteiger partial charge in [-0.2, -0.15) is 0 Å². The normalized spacial score (nSPS) is 11.4. The molecule has 2 nitrogen and oxygen atoms in total. The molecule has 0 bridgehead atoms. The highest BCUT2D eigenvalue weighted by Crippen LogP contribution is 2.52. The summed E-state index contributed by atoms with van der Waals surface area (Å²) in [6.45, 7) is 9.08. The number of hydrogen-bond donors (Lipinski definition) is 0. The Morgan fingerprint density at radius 3 is 1.14 bits per heavy atom. The molecule has 0 aliphatic heterocycles. The topological polar surface area (TPSA) is 6.48 Å². The van der Waals surface area contributed by atoms with Crippen LogP contribution in [-0.4, -0.2) is 0 Å². The highest BCUT2D eigenvalue weighted by molar-refractivity contribution is 6.29. The van der Waals surface area contributed by atoms with E-state index in [1.165, 1.54) is 88.2 Å². The van der Waals surface area contributed by atoms with Crippen molar-refractivity contribution in [3.05, 3.63) is 216 Å². The van der Waals surface area contributed by atoms with Crippen LogP contribution in [0.5, 0.6) is 0 Å². The molecule has 0 amide bonds. The van der Waals surface area contributed by atoms with E-state index in [9.17, 15) is 0 Å². The lowest BCUT2D eigenvalue weighted by atomic mass is 9.90. The Labute approximate surface area is 341 Å². The lowest BCUT2D eigenvalue weighted by Gasteiger charge is -2.35. The zero-order valence-corrected chi connectivity index (χ0v) is 33.4. The van der Waals surface area contributed by atoms with E-state index in [1.807, 2.05) is 0 Å². The van der Waals surface area contributed by atoms with Gasteiger partial charge in [-0.15, -0.1) is 0 Å². The lowest BCUT2D eigenvalue weighted by molar-refractivity contribution is 1.21. The minimum absolute atomic E-state index is 1.12. The van der Waals surface area contributed by atoms with Crippen molar-refractivity contribution in [2.45, 2.75) is 27.7 Å². The quantitative estimate of drug-likeness (QED) is 0.143. The Balaban J connectivity index is 1.35. The van der Waals surface area contributed by atoms with Crippen molar-refractivity contribution in [1.29, 1.82) is 0 Å². The van der Waals surface area contributed by atoms with Crippen LogP contribution in [0.15, 0.2) is 194 Å². The minimum Gasteiger partial charge on any atom is -0.309 e. The summed E-state index contributed by atoms with van der Waals surface area (Å²) < 4.78 is 0. The monoisotopic (exact) mass is 744 g/mol. The van der Waals surface area contributed by atoms with Crippen LogP contribution >= 0.6 is 0 Å². The molecule has 278 valence electrons. The average Bonchev–Trinajstić information content (AvgIpc) is 3.27. The first-order valence-corrected chi connectivity index (χ1v) is 20.2. The second-order valence-electron chi connectivity index (χ2n) is 15.5. The van der Waals surface area contributed by atoms with E-state index in [2.05, 4.69) is 232 Å². The predicted octanol–water partition coefficient (Wildman–Crippen LogP) is 16.1. The van der Waals surface area contributed by atoms with E-state index in [1.54, 1.807) is 0 Å². The van der Waals surface area contributed by atoms with Gasteiger partial charge in [-0.25, -0.2) is 0 Å². The molecule has 0 N–H and O–H groups in total. The number of rotatable bonds is 8. The molecule has 0 atom stereocenters. The molecule has 0 saturated heterocycles. The minimum atomic E-state index is 1.12. The smallest absolute Gasteiger partial charge is 0.0561 e. The summed E-state index contributed by atoms with van der Waals surface area (Å²) in [6.07, 6.45) is 0. The third kappa shape index (κ3) is 5.80. The van der Waals surface area contributed by atoms with Gasteiger partial charge in [0.25, 0.3) is 0 Å². The van der Waals surface area contributed by atoms with Gasteiger partial charge in [-0.3, -0.25) is 0 Å². The summed E-state index contributed by atoms with van der Waals surface area (Å²) in [5.74, 6) is 0. The van der Waals surface area contributed by atoms with Crippen molar-refractivity contribution in [1.82, 2.24) is 0 Å². The van der Waals surface area contributed by atoms with E-state index >= 15 is 0 Å². The lowest BCUT2D eigenvalue weighted by Crippen LogP contribution is -2.17. The molecule has 0 saturated carbocycles. The van der Waals surface area contributed by atoms with Crippen LogP contribution < -0.4 is 9.80 Å². The molecule has 58 heavy (non-hydrogen) atoms. The molecule has 0 aromatic heterocycles. The van der Waals surface area contributed by atoms with Gasteiger partial charge >= 0.3 is 0 Å². The first-order valence-electron chi connectivity index (χ1n) is 20.2. The summed E-state index contributed by atoms with van der Waals surface area (Å²) in [6, 6.07) is 71.0. The van der Waals surface area contributed by atoms with Crippen molar-refractivity contribution >= 4 is 66.4 Å². The summed E-state index contributed by atoms with van der Waals surface area (Å²) in [7, 11) is 0. The van der Waals surface area contributed by atoms with Crippen LogP contribution in [0.25, 0.3) is 54.6 Å². The molecular formula is C56H44N2. The van der Waals surface area contributed by atoms with Crippen molar-refractivity contribution in [2.24, 2.45) is 0 Å². The third-order valence-corrected chi connectivity index (χ3v) is 12.0. The maximum absolute atomic E-state index is 2.52. The standard InChI is InChI=1S/C56H44N2/c1-37-28-32-47(41-18-9-5-10-19-41)39(3)55(37)57(45-24-13-7-14-25-45)51-36-52(50-35-31-44-23-17-22-43-30-34-49(51)54(50)53(43)44)58(46-26-15-8-16-27-46)56-38(2)29-33-48(40(56)4)42-20-11-6-12-21-42/h5-36H,1-4H3. The van der Waals surface area contributed by atoms with Crippen LogP contribution in [-0.2, 0) is 0 Å². The number of aryl methyl sites for hydroxylation is 2. The van der Waals surface area contributed by atoms with Gasteiger partial charge in [-0.1, -0.05) is 164 Å². The molecule has 10 rings (SSSR count). The largest absolute Gasteiger partial charge is 0.309 e. The van der Waals surface area contributed by atoms with Crippen molar-refractivity contribution in [2.75, 3.05) is 9.80 Å². The fraction of sp³-hybridized carbons (Fsp3) is 0.0714. The molecule has 10 aromatic rings. The Bertz CT molecular complexity index is 2880. The van der Waals surface area contributed by atoms with E-state index in [4.69, 9.17) is 0 Å². The number of hydrogen-bond acceptors (Lipinski definition) is 2. The van der Waals surface area contributed by atoms with E-state index < -0.39 is 0 Å². The summed E-state index contributed by atoms with van der Waals surface area (Å²) in [5, 5.41) is 7.49. The fourth-order valence-corrected chi connectivity index (χ4v) is 9.32. The second kappa shape index (κ2) is 14.4. The summed E-state index contributed by atoms with van der Waals surface area (Å²) in [5.41, 5.74) is 16.7. The summed E-state index contributed by atoms with van der Waals surface area (Å²) >= 11 is 0. The fourth-order valence-electron chi connectivity index (χ4n) is 9.32. The molecular weight excluding hydrogens is 701 g/mol. The molecule has 0 unspecified atom stereocenters. The Morgan fingerprint density at radius 1 is 0.328 bits per heavy atom. The number of nitrogens with zero attached hydrogens (tertiary/aromatic N) is 2. The van der Waals surface area contributed by atoms with Crippen molar-refractivity contribution < 1.29 is 0 Å². The first-order chi connectivity index (χ1) is 28.5. The number of para-hydroxylation sites is 2. The van der Waals surface area contributed by atoms with Gasteiger partial charge in [0.2, 0.25) is 0 Å². The zero-order chi connectivity index (χ0) is 39.3. The Kier molecular flexibility index (Phi) is 8.76. The molecule has 2 heteroatoms. The number of benzene rings is 10. The predicted molar refractivity (Wildman–Crippen MR) is 249 cm³/mol. The van der Waals surface area contributed by atoms with Gasteiger partial charge in [0.1, 0.15) is 0 Å². The van der Waals surface area contributed by atoms with E-state index in [0.29, 0.717) is 0 Å². The van der Waals surface area contributed by atoms with Crippen LogP contribution in [0.3, 0.4) is 0 Å². The van der Waals surface area contributed by atoms with Gasteiger partial charge in [-0.05, 0) is 119 Å².